The summed E-state index contributed by atoms with van der Waals surface area (Å²) in [5.41, 5.74) is 1.81. The van der Waals surface area contributed by atoms with Crippen LogP contribution in [0.15, 0.2) is 24.3 Å². The first-order valence-electron chi connectivity index (χ1n) is 6.24. The summed E-state index contributed by atoms with van der Waals surface area (Å²) in [5, 5.41) is 12.2. The minimum Gasteiger partial charge on any atom is -0.383 e. The van der Waals surface area contributed by atoms with Crippen LogP contribution in [0.4, 0.5) is 5.69 Å². The molecule has 0 spiro atoms. The number of piperidine rings is 1. The third-order valence-electron chi connectivity index (χ3n) is 3.48. The Hall–Kier alpha value is -1.53. The number of rotatable bonds is 3. The van der Waals surface area contributed by atoms with Crippen LogP contribution >= 0.6 is 0 Å². The van der Waals surface area contributed by atoms with E-state index in [0.717, 1.165) is 12.2 Å². The molecule has 0 bridgehead atoms. The van der Waals surface area contributed by atoms with E-state index >= 15 is 0 Å². The molecule has 1 aliphatic heterocycles. The SMILES string of the molecule is CN1CCCCC1CNc1ccc(C#N)cc1. The number of nitriles is 1. The van der Waals surface area contributed by atoms with Crippen molar-refractivity contribution in [2.45, 2.75) is 25.3 Å². The standard InChI is InChI=1S/C14H19N3/c1-17-9-3-2-4-14(17)11-16-13-7-5-12(10-15)6-8-13/h5-8,14,16H,2-4,9,11H2,1H3. The minimum absolute atomic E-state index is 0.638. The summed E-state index contributed by atoms with van der Waals surface area (Å²) >= 11 is 0. The van der Waals surface area contributed by atoms with Gasteiger partial charge in [-0.05, 0) is 50.7 Å². The van der Waals surface area contributed by atoms with Crippen LogP contribution in [-0.2, 0) is 0 Å². The maximum absolute atomic E-state index is 8.72. The maximum Gasteiger partial charge on any atom is 0.0991 e. The Bertz CT molecular complexity index is 391. The van der Waals surface area contributed by atoms with E-state index in [4.69, 9.17) is 5.26 Å². The van der Waals surface area contributed by atoms with E-state index < -0.39 is 0 Å². The van der Waals surface area contributed by atoms with Crippen LogP contribution in [0, 0.1) is 11.3 Å². The van der Waals surface area contributed by atoms with Crippen molar-refractivity contribution in [3.05, 3.63) is 29.8 Å². The molecule has 90 valence electrons. The summed E-state index contributed by atoms with van der Waals surface area (Å²) in [6, 6.07) is 10.4. The fourth-order valence-electron chi connectivity index (χ4n) is 2.30. The summed E-state index contributed by atoms with van der Waals surface area (Å²) in [5.74, 6) is 0. The van der Waals surface area contributed by atoms with Crippen molar-refractivity contribution < 1.29 is 0 Å². The minimum atomic E-state index is 0.638. The highest BCUT2D eigenvalue weighted by Crippen LogP contribution is 2.16. The molecule has 1 aliphatic rings. The van der Waals surface area contributed by atoms with Gasteiger partial charge in [-0.25, -0.2) is 0 Å². The highest BCUT2D eigenvalue weighted by molar-refractivity contribution is 5.47. The van der Waals surface area contributed by atoms with Crippen molar-refractivity contribution in [2.24, 2.45) is 0 Å². The molecule has 1 N–H and O–H groups in total. The van der Waals surface area contributed by atoms with Gasteiger partial charge in [0.1, 0.15) is 0 Å². The summed E-state index contributed by atoms with van der Waals surface area (Å²) < 4.78 is 0. The van der Waals surface area contributed by atoms with Crippen LogP contribution < -0.4 is 5.32 Å². The largest absolute Gasteiger partial charge is 0.383 e. The molecule has 0 saturated carbocycles. The fraction of sp³-hybridized carbons (Fsp3) is 0.500. The predicted octanol–water partition coefficient (Wildman–Crippen LogP) is 2.45. The molecule has 1 fully saturated rings. The molecule has 3 heteroatoms. The average Bonchev–Trinajstić information content (AvgIpc) is 2.38. The second-order valence-electron chi connectivity index (χ2n) is 4.70. The fourth-order valence-corrected chi connectivity index (χ4v) is 2.30. The molecule has 2 rings (SSSR count). The van der Waals surface area contributed by atoms with Crippen molar-refractivity contribution in [1.29, 1.82) is 5.26 Å². The molecule has 1 heterocycles. The summed E-state index contributed by atoms with van der Waals surface area (Å²) in [7, 11) is 2.20. The van der Waals surface area contributed by atoms with E-state index in [-0.39, 0.29) is 0 Å². The van der Waals surface area contributed by atoms with Gasteiger partial charge >= 0.3 is 0 Å². The molecule has 0 amide bonds. The number of nitrogens with zero attached hydrogens (tertiary/aromatic N) is 2. The molecular formula is C14H19N3. The van der Waals surface area contributed by atoms with E-state index in [1.807, 2.05) is 24.3 Å². The van der Waals surface area contributed by atoms with Gasteiger partial charge in [0.15, 0.2) is 0 Å². The van der Waals surface area contributed by atoms with Crippen molar-refractivity contribution >= 4 is 5.69 Å². The van der Waals surface area contributed by atoms with E-state index in [1.165, 1.54) is 25.8 Å². The Morgan fingerprint density at radius 2 is 2.12 bits per heavy atom. The number of benzene rings is 1. The number of likely N-dealkylation sites (N-methyl/N-ethyl adjacent to an activating group) is 1. The highest BCUT2D eigenvalue weighted by atomic mass is 15.2. The van der Waals surface area contributed by atoms with Gasteiger partial charge in [-0.1, -0.05) is 6.42 Å². The van der Waals surface area contributed by atoms with Gasteiger partial charge in [0.25, 0.3) is 0 Å². The third kappa shape index (κ3) is 3.21. The van der Waals surface area contributed by atoms with Crippen LogP contribution in [0.25, 0.3) is 0 Å². The maximum atomic E-state index is 8.72. The normalized spacial score (nSPS) is 20.8. The Morgan fingerprint density at radius 1 is 1.35 bits per heavy atom. The molecule has 1 saturated heterocycles. The topological polar surface area (TPSA) is 39.1 Å². The molecular weight excluding hydrogens is 210 g/mol. The number of hydrogen-bond donors (Lipinski definition) is 1. The Morgan fingerprint density at radius 3 is 2.76 bits per heavy atom. The quantitative estimate of drug-likeness (QED) is 0.865. The number of likely N-dealkylation sites (tertiary alicyclic amines) is 1. The molecule has 1 aromatic carbocycles. The van der Waals surface area contributed by atoms with Gasteiger partial charge in [-0.2, -0.15) is 5.26 Å². The second-order valence-corrected chi connectivity index (χ2v) is 4.70. The van der Waals surface area contributed by atoms with Crippen molar-refractivity contribution in [2.75, 3.05) is 25.5 Å². The third-order valence-corrected chi connectivity index (χ3v) is 3.48. The van der Waals surface area contributed by atoms with Crippen molar-refractivity contribution in [3.8, 4) is 6.07 Å². The molecule has 3 nitrogen and oxygen atoms in total. The Kier molecular flexibility index (Phi) is 4.00. The predicted molar refractivity (Wildman–Crippen MR) is 69.9 cm³/mol. The van der Waals surface area contributed by atoms with Crippen LogP contribution in [-0.4, -0.2) is 31.1 Å². The lowest BCUT2D eigenvalue weighted by molar-refractivity contribution is 0.194. The molecule has 0 radical (unpaired) electrons. The van der Waals surface area contributed by atoms with E-state index in [2.05, 4.69) is 23.3 Å². The number of anilines is 1. The Labute approximate surface area is 103 Å². The van der Waals surface area contributed by atoms with Crippen LogP contribution in [0.3, 0.4) is 0 Å². The lowest BCUT2D eigenvalue weighted by atomic mass is 10.0. The van der Waals surface area contributed by atoms with Gasteiger partial charge in [-0.3, -0.25) is 0 Å². The lowest BCUT2D eigenvalue weighted by Gasteiger charge is -2.32. The summed E-state index contributed by atoms with van der Waals surface area (Å²) in [4.78, 5) is 2.43. The van der Waals surface area contributed by atoms with Gasteiger partial charge in [-0.15, -0.1) is 0 Å². The zero-order valence-corrected chi connectivity index (χ0v) is 10.3. The smallest absolute Gasteiger partial charge is 0.0991 e. The second kappa shape index (κ2) is 5.70. The zero-order valence-electron chi connectivity index (χ0n) is 10.3. The lowest BCUT2D eigenvalue weighted by Crippen LogP contribution is -2.40. The first-order valence-corrected chi connectivity index (χ1v) is 6.24. The number of hydrogen-bond acceptors (Lipinski definition) is 3. The van der Waals surface area contributed by atoms with Crippen molar-refractivity contribution in [1.82, 2.24) is 4.90 Å². The summed E-state index contributed by atoms with van der Waals surface area (Å²) in [6.07, 6.45) is 3.94. The molecule has 17 heavy (non-hydrogen) atoms. The van der Waals surface area contributed by atoms with Gasteiger partial charge < -0.3 is 10.2 Å². The van der Waals surface area contributed by atoms with E-state index in [9.17, 15) is 0 Å². The van der Waals surface area contributed by atoms with Crippen molar-refractivity contribution in [3.63, 3.8) is 0 Å². The van der Waals surface area contributed by atoms with Crippen LogP contribution in [0.2, 0.25) is 0 Å². The zero-order chi connectivity index (χ0) is 12.1. The molecule has 0 aromatic heterocycles. The highest BCUT2D eigenvalue weighted by Gasteiger charge is 2.17. The molecule has 1 atom stereocenters. The van der Waals surface area contributed by atoms with Gasteiger partial charge in [0, 0.05) is 18.3 Å². The summed E-state index contributed by atoms with van der Waals surface area (Å²) in [6.45, 7) is 2.20. The Balaban J connectivity index is 1.86. The first kappa shape index (κ1) is 11.9. The molecule has 1 unspecified atom stereocenters. The average molecular weight is 229 g/mol. The first-order chi connectivity index (χ1) is 8.29. The number of nitrogens with one attached hydrogen (secondary N) is 1. The van der Waals surface area contributed by atoms with Crippen LogP contribution in [0.5, 0.6) is 0 Å². The molecule has 1 aromatic rings. The van der Waals surface area contributed by atoms with E-state index in [0.29, 0.717) is 11.6 Å². The van der Waals surface area contributed by atoms with Gasteiger partial charge in [0.2, 0.25) is 0 Å². The van der Waals surface area contributed by atoms with E-state index in [1.54, 1.807) is 0 Å². The monoisotopic (exact) mass is 229 g/mol. The molecule has 0 aliphatic carbocycles. The van der Waals surface area contributed by atoms with Gasteiger partial charge in [0.05, 0.1) is 11.6 Å². The van der Waals surface area contributed by atoms with Crippen LogP contribution in [0.1, 0.15) is 24.8 Å².